The molecule has 0 aliphatic rings. The zero-order chi connectivity index (χ0) is 13.5. The van der Waals surface area contributed by atoms with Gasteiger partial charge in [0.2, 0.25) is 0 Å². The van der Waals surface area contributed by atoms with Gasteiger partial charge in [0, 0.05) is 5.56 Å². The van der Waals surface area contributed by atoms with E-state index in [2.05, 4.69) is 30.4 Å². The van der Waals surface area contributed by atoms with Crippen molar-refractivity contribution >= 4 is 6.21 Å². The van der Waals surface area contributed by atoms with Gasteiger partial charge in [0.15, 0.2) is 0 Å². The van der Waals surface area contributed by atoms with E-state index in [1.165, 1.54) is 5.56 Å². The van der Waals surface area contributed by atoms with Crippen LogP contribution in [0.1, 0.15) is 16.7 Å². The SMILES string of the molecule is COc1ccc(/[C]=N\OCc2ccc(C)cc2)cc1. The van der Waals surface area contributed by atoms with Gasteiger partial charge in [-0.3, -0.25) is 0 Å². The number of benzene rings is 2. The molecule has 0 aliphatic heterocycles. The van der Waals surface area contributed by atoms with Crippen molar-refractivity contribution in [2.75, 3.05) is 7.11 Å². The lowest BCUT2D eigenvalue weighted by Crippen LogP contribution is -1.89. The molecule has 0 spiro atoms. The molecule has 0 unspecified atom stereocenters. The minimum atomic E-state index is 0.448. The highest BCUT2D eigenvalue weighted by atomic mass is 16.6. The monoisotopic (exact) mass is 254 g/mol. The lowest BCUT2D eigenvalue weighted by Gasteiger charge is -2.00. The average Bonchev–Trinajstić information content (AvgIpc) is 2.46. The molecule has 0 aromatic heterocycles. The van der Waals surface area contributed by atoms with Crippen molar-refractivity contribution < 1.29 is 9.57 Å². The molecule has 19 heavy (non-hydrogen) atoms. The quantitative estimate of drug-likeness (QED) is 0.604. The van der Waals surface area contributed by atoms with E-state index in [9.17, 15) is 0 Å². The van der Waals surface area contributed by atoms with Gasteiger partial charge in [0.1, 0.15) is 18.6 Å². The number of methoxy groups -OCH3 is 1. The van der Waals surface area contributed by atoms with Crippen LogP contribution in [0.5, 0.6) is 5.75 Å². The highest BCUT2D eigenvalue weighted by molar-refractivity contribution is 5.79. The molecule has 0 atom stereocenters. The van der Waals surface area contributed by atoms with E-state index in [0.29, 0.717) is 6.61 Å². The van der Waals surface area contributed by atoms with E-state index in [1.54, 1.807) is 7.11 Å². The van der Waals surface area contributed by atoms with Crippen LogP contribution in [-0.4, -0.2) is 13.3 Å². The van der Waals surface area contributed by atoms with Gasteiger partial charge in [0.05, 0.1) is 7.11 Å². The van der Waals surface area contributed by atoms with Crippen LogP contribution >= 0.6 is 0 Å². The number of ether oxygens (including phenoxy) is 1. The Hall–Kier alpha value is -2.29. The molecule has 3 nitrogen and oxygen atoms in total. The third kappa shape index (κ3) is 4.14. The summed E-state index contributed by atoms with van der Waals surface area (Å²) in [7, 11) is 1.64. The van der Waals surface area contributed by atoms with E-state index in [-0.39, 0.29) is 0 Å². The number of hydrogen-bond donors (Lipinski definition) is 0. The molecule has 0 amide bonds. The van der Waals surface area contributed by atoms with Gasteiger partial charge < -0.3 is 9.57 Å². The van der Waals surface area contributed by atoms with Crippen LogP contribution in [0.3, 0.4) is 0 Å². The van der Waals surface area contributed by atoms with Crippen LogP contribution in [0.25, 0.3) is 0 Å². The van der Waals surface area contributed by atoms with Crippen LogP contribution in [0.15, 0.2) is 53.7 Å². The van der Waals surface area contributed by atoms with E-state index < -0.39 is 0 Å². The predicted octanol–water partition coefficient (Wildman–Crippen LogP) is 3.43. The Kier molecular flexibility index (Phi) is 4.56. The number of aryl methyl sites for hydroxylation is 1. The Bertz CT molecular complexity index is 530. The summed E-state index contributed by atoms with van der Waals surface area (Å²) in [6.07, 6.45) is 2.82. The third-order valence-electron chi connectivity index (χ3n) is 2.68. The topological polar surface area (TPSA) is 30.8 Å². The summed E-state index contributed by atoms with van der Waals surface area (Å²) < 4.78 is 5.07. The van der Waals surface area contributed by atoms with E-state index >= 15 is 0 Å². The van der Waals surface area contributed by atoms with Gasteiger partial charge >= 0.3 is 0 Å². The van der Waals surface area contributed by atoms with Crippen molar-refractivity contribution in [2.45, 2.75) is 13.5 Å². The van der Waals surface area contributed by atoms with E-state index in [4.69, 9.17) is 9.57 Å². The maximum Gasteiger partial charge on any atom is 0.142 e. The van der Waals surface area contributed by atoms with E-state index in [1.807, 2.05) is 36.4 Å². The fraction of sp³-hybridized carbons (Fsp3) is 0.188. The minimum Gasteiger partial charge on any atom is -0.497 e. The maximum absolute atomic E-state index is 5.20. The Morgan fingerprint density at radius 1 is 1.00 bits per heavy atom. The Morgan fingerprint density at radius 2 is 1.68 bits per heavy atom. The smallest absolute Gasteiger partial charge is 0.142 e. The van der Waals surface area contributed by atoms with E-state index in [0.717, 1.165) is 16.9 Å². The maximum atomic E-state index is 5.20. The molecule has 0 fully saturated rings. The first-order chi connectivity index (χ1) is 9.28. The summed E-state index contributed by atoms with van der Waals surface area (Å²) >= 11 is 0. The zero-order valence-corrected chi connectivity index (χ0v) is 11.1. The minimum absolute atomic E-state index is 0.448. The summed E-state index contributed by atoms with van der Waals surface area (Å²) in [5.41, 5.74) is 3.17. The zero-order valence-electron chi connectivity index (χ0n) is 11.1. The lowest BCUT2D eigenvalue weighted by molar-refractivity contribution is 0.132. The largest absolute Gasteiger partial charge is 0.497 e. The molecule has 0 saturated carbocycles. The van der Waals surface area contributed by atoms with Crippen LogP contribution in [0.4, 0.5) is 0 Å². The van der Waals surface area contributed by atoms with Gasteiger partial charge in [-0.25, -0.2) is 0 Å². The predicted molar refractivity (Wildman–Crippen MR) is 75.5 cm³/mol. The van der Waals surface area contributed by atoms with Gasteiger partial charge in [-0.05, 0) is 36.8 Å². The molecule has 0 heterocycles. The van der Waals surface area contributed by atoms with Crippen molar-refractivity contribution in [2.24, 2.45) is 5.16 Å². The second kappa shape index (κ2) is 6.59. The lowest BCUT2D eigenvalue weighted by atomic mass is 10.2. The molecule has 97 valence electrons. The second-order valence-corrected chi connectivity index (χ2v) is 4.19. The number of rotatable bonds is 5. The standard InChI is InChI=1S/C16H16NO2/c1-13-3-5-15(6-4-13)12-19-17-11-14-7-9-16(18-2)10-8-14/h3-10H,12H2,1-2H3. The first kappa shape index (κ1) is 13.1. The molecule has 0 saturated heterocycles. The normalized spacial score (nSPS) is 10.6. The average molecular weight is 254 g/mol. The Morgan fingerprint density at radius 3 is 2.32 bits per heavy atom. The first-order valence-electron chi connectivity index (χ1n) is 6.05. The van der Waals surface area contributed by atoms with Crippen molar-refractivity contribution in [3.05, 3.63) is 65.2 Å². The van der Waals surface area contributed by atoms with Crippen molar-refractivity contribution in [3.8, 4) is 5.75 Å². The third-order valence-corrected chi connectivity index (χ3v) is 2.68. The Balaban J connectivity index is 1.84. The number of hydrogen-bond acceptors (Lipinski definition) is 3. The molecule has 0 N–H and O–H groups in total. The molecule has 2 aromatic rings. The highest BCUT2D eigenvalue weighted by Gasteiger charge is 1.93. The van der Waals surface area contributed by atoms with Crippen molar-refractivity contribution in [1.29, 1.82) is 0 Å². The molecule has 0 bridgehead atoms. The van der Waals surface area contributed by atoms with Crippen molar-refractivity contribution in [3.63, 3.8) is 0 Å². The van der Waals surface area contributed by atoms with Gasteiger partial charge in [-0.15, -0.1) is 0 Å². The fourth-order valence-electron chi connectivity index (χ4n) is 1.54. The molecular formula is C16H16NO2. The summed E-state index contributed by atoms with van der Waals surface area (Å²) in [5, 5.41) is 3.82. The fourth-order valence-corrected chi connectivity index (χ4v) is 1.54. The molecule has 2 rings (SSSR count). The number of nitrogens with zero attached hydrogens (tertiary/aromatic N) is 1. The molecule has 0 aliphatic carbocycles. The highest BCUT2D eigenvalue weighted by Crippen LogP contribution is 2.10. The second-order valence-electron chi connectivity index (χ2n) is 4.19. The first-order valence-corrected chi connectivity index (χ1v) is 6.05. The molecule has 1 radical (unpaired) electrons. The van der Waals surface area contributed by atoms with Crippen LogP contribution in [0, 0.1) is 6.92 Å². The van der Waals surface area contributed by atoms with Gasteiger partial charge in [0.25, 0.3) is 0 Å². The summed E-state index contributed by atoms with van der Waals surface area (Å²) in [6, 6.07) is 15.6. The Labute approximate surface area is 113 Å². The summed E-state index contributed by atoms with van der Waals surface area (Å²) in [4.78, 5) is 5.20. The summed E-state index contributed by atoms with van der Waals surface area (Å²) in [5.74, 6) is 0.811. The molecule has 2 aromatic carbocycles. The molecule has 3 heteroatoms. The van der Waals surface area contributed by atoms with Crippen molar-refractivity contribution in [1.82, 2.24) is 0 Å². The van der Waals surface area contributed by atoms with Gasteiger partial charge in [-0.1, -0.05) is 35.0 Å². The molecular weight excluding hydrogens is 238 g/mol. The van der Waals surface area contributed by atoms with Crippen LogP contribution in [0.2, 0.25) is 0 Å². The van der Waals surface area contributed by atoms with Crippen LogP contribution in [-0.2, 0) is 11.4 Å². The van der Waals surface area contributed by atoms with Gasteiger partial charge in [-0.2, -0.15) is 0 Å². The summed E-state index contributed by atoms with van der Waals surface area (Å²) in [6.45, 7) is 2.50. The van der Waals surface area contributed by atoms with Crippen LogP contribution < -0.4 is 4.74 Å².